The van der Waals surface area contributed by atoms with Crippen molar-refractivity contribution in [3.05, 3.63) is 82.8 Å². The first kappa shape index (κ1) is 21.9. The Morgan fingerprint density at radius 1 is 0.971 bits per heavy atom. The minimum Gasteiger partial charge on any atom is -0.503 e. The average molecular weight is 476 g/mol. The highest BCUT2D eigenvalue weighted by atomic mass is 19.1. The lowest BCUT2D eigenvalue weighted by Gasteiger charge is -2.26. The number of aromatic hydroxyl groups is 1. The van der Waals surface area contributed by atoms with E-state index in [0.29, 0.717) is 30.9 Å². The third-order valence-electron chi connectivity index (χ3n) is 7.10. The van der Waals surface area contributed by atoms with Gasteiger partial charge in [0.1, 0.15) is 5.82 Å². The summed E-state index contributed by atoms with van der Waals surface area (Å²) in [6.45, 7) is 3.67. The number of nitrogens with zero attached hydrogens (tertiary/aromatic N) is 2. The molecule has 0 amide bonds. The first-order valence-corrected chi connectivity index (χ1v) is 11.7. The van der Waals surface area contributed by atoms with E-state index >= 15 is 0 Å². The molecule has 0 atom stereocenters. The van der Waals surface area contributed by atoms with E-state index in [1.807, 2.05) is 13.0 Å². The summed E-state index contributed by atoms with van der Waals surface area (Å²) in [7, 11) is 0. The molecule has 1 saturated heterocycles. The number of benzene rings is 3. The SMILES string of the molecule is CC1=NCc2cc3c(-c4cc(F)c(O)c(F)c4)c(C4CCOCC4)n(-c4ccc(F)cc4)c3cc21. The minimum atomic E-state index is -1.01. The maximum Gasteiger partial charge on any atom is 0.187 e. The fourth-order valence-corrected chi connectivity index (χ4v) is 5.39. The van der Waals surface area contributed by atoms with Crippen molar-refractivity contribution in [3.8, 4) is 22.6 Å². The number of phenols is 1. The van der Waals surface area contributed by atoms with Crippen LogP contribution in [0.1, 0.15) is 42.5 Å². The van der Waals surface area contributed by atoms with Crippen LogP contribution in [0.5, 0.6) is 5.75 Å². The van der Waals surface area contributed by atoms with Crippen LogP contribution in [-0.2, 0) is 11.3 Å². The predicted octanol–water partition coefficient (Wildman–Crippen LogP) is 6.64. The zero-order valence-electron chi connectivity index (χ0n) is 19.1. The lowest BCUT2D eigenvalue weighted by Crippen LogP contribution is -2.17. The van der Waals surface area contributed by atoms with E-state index in [1.54, 1.807) is 12.1 Å². The summed E-state index contributed by atoms with van der Waals surface area (Å²) in [4.78, 5) is 4.56. The summed E-state index contributed by atoms with van der Waals surface area (Å²) >= 11 is 0. The third-order valence-corrected chi connectivity index (χ3v) is 7.10. The van der Waals surface area contributed by atoms with Gasteiger partial charge in [0, 0.05) is 52.7 Å². The second-order valence-corrected chi connectivity index (χ2v) is 9.18. The van der Waals surface area contributed by atoms with Gasteiger partial charge in [0.2, 0.25) is 0 Å². The van der Waals surface area contributed by atoms with Crippen LogP contribution in [0.2, 0.25) is 0 Å². The second kappa shape index (κ2) is 8.27. The number of aromatic nitrogens is 1. The lowest BCUT2D eigenvalue weighted by atomic mass is 9.89. The molecule has 2 aliphatic rings. The minimum absolute atomic E-state index is 0.0562. The molecule has 0 bridgehead atoms. The van der Waals surface area contributed by atoms with Crippen molar-refractivity contribution in [2.24, 2.45) is 4.99 Å². The maximum atomic E-state index is 14.6. The average Bonchev–Trinajstić information content (AvgIpc) is 3.39. The highest BCUT2D eigenvalue weighted by Gasteiger charge is 2.30. The fraction of sp³-hybridized carbons (Fsp3) is 0.250. The van der Waals surface area contributed by atoms with E-state index in [4.69, 9.17) is 4.74 Å². The molecule has 35 heavy (non-hydrogen) atoms. The first-order valence-electron chi connectivity index (χ1n) is 11.7. The van der Waals surface area contributed by atoms with Crippen LogP contribution in [0.15, 0.2) is 53.5 Å². The van der Waals surface area contributed by atoms with Gasteiger partial charge in [-0.1, -0.05) is 0 Å². The van der Waals surface area contributed by atoms with E-state index in [9.17, 15) is 18.3 Å². The van der Waals surface area contributed by atoms with Crippen molar-refractivity contribution in [2.45, 2.75) is 32.2 Å². The molecule has 7 heteroatoms. The Morgan fingerprint density at radius 3 is 2.34 bits per heavy atom. The third kappa shape index (κ3) is 3.53. The quantitative estimate of drug-likeness (QED) is 0.360. The van der Waals surface area contributed by atoms with Gasteiger partial charge in [-0.2, -0.15) is 0 Å². The van der Waals surface area contributed by atoms with Gasteiger partial charge in [0.25, 0.3) is 0 Å². The maximum absolute atomic E-state index is 14.6. The molecule has 3 heterocycles. The number of halogens is 3. The Balaban J connectivity index is 1.75. The number of rotatable bonds is 3. The number of hydrogen-bond acceptors (Lipinski definition) is 3. The van der Waals surface area contributed by atoms with E-state index in [-0.39, 0.29) is 11.7 Å². The van der Waals surface area contributed by atoms with Crippen LogP contribution in [-0.4, -0.2) is 28.6 Å². The van der Waals surface area contributed by atoms with Crippen molar-refractivity contribution in [3.63, 3.8) is 0 Å². The largest absolute Gasteiger partial charge is 0.503 e. The molecule has 178 valence electrons. The monoisotopic (exact) mass is 476 g/mol. The summed E-state index contributed by atoms with van der Waals surface area (Å²) in [6.07, 6.45) is 1.49. The molecule has 0 spiro atoms. The standard InChI is InChI=1S/C28H23F3N2O2/c1-15-21-13-25-22(10-18(21)14-32-15)26(17-11-23(30)28(34)24(31)12-17)27(16-6-8-35-9-7-16)33(25)20-4-2-19(29)3-5-20/h2-5,10-13,16,34H,6-9,14H2,1H3. The Bertz CT molecular complexity index is 1480. The van der Waals surface area contributed by atoms with Crippen molar-refractivity contribution in [1.29, 1.82) is 0 Å². The topological polar surface area (TPSA) is 46.8 Å². The molecule has 4 nitrogen and oxygen atoms in total. The summed E-state index contributed by atoms with van der Waals surface area (Å²) in [5.41, 5.74) is 6.59. The zero-order chi connectivity index (χ0) is 24.3. The van der Waals surface area contributed by atoms with Crippen LogP contribution < -0.4 is 0 Å². The summed E-state index contributed by atoms with van der Waals surface area (Å²) in [5, 5.41) is 10.6. The number of ether oxygens (including phenoxy) is 1. The van der Waals surface area contributed by atoms with Crippen LogP contribution in [0.25, 0.3) is 27.7 Å². The summed E-state index contributed by atoms with van der Waals surface area (Å²) < 4.78 is 50.7. The molecular weight excluding hydrogens is 453 g/mol. The number of aliphatic imine (C=N–C) groups is 1. The van der Waals surface area contributed by atoms with Gasteiger partial charge in [0.05, 0.1) is 12.1 Å². The summed E-state index contributed by atoms with van der Waals surface area (Å²) in [5.74, 6) is -3.30. The second-order valence-electron chi connectivity index (χ2n) is 9.18. The smallest absolute Gasteiger partial charge is 0.187 e. The zero-order valence-corrected chi connectivity index (χ0v) is 19.1. The first-order chi connectivity index (χ1) is 16.9. The number of fused-ring (bicyclic) bond motifs is 2. The van der Waals surface area contributed by atoms with Gasteiger partial charge in [-0.3, -0.25) is 4.99 Å². The number of phenolic OH excluding ortho intramolecular Hbond substituents is 1. The van der Waals surface area contributed by atoms with Crippen molar-refractivity contribution in [1.82, 2.24) is 4.57 Å². The molecule has 1 aromatic heterocycles. The Morgan fingerprint density at radius 2 is 1.66 bits per heavy atom. The summed E-state index contributed by atoms with van der Waals surface area (Å²) in [6, 6.07) is 12.7. The van der Waals surface area contributed by atoms with E-state index < -0.39 is 17.4 Å². The lowest BCUT2D eigenvalue weighted by molar-refractivity contribution is 0.0843. The van der Waals surface area contributed by atoms with Gasteiger partial charge in [0.15, 0.2) is 17.4 Å². The molecular formula is C28H23F3N2O2. The molecule has 1 fully saturated rings. The van der Waals surface area contributed by atoms with Gasteiger partial charge in [-0.15, -0.1) is 0 Å². The molecule has 3 aromatic carbocycles. The molecule has 4 aromatic rings. The molecule has 1 N–H and O–H groups in total. The Hall–Kier alpha value is -3.58. The molecule has 2 aliphatic heterocycles. The molecule has 0 aliphatic carbocycles. The molecule has 6 rings (SSSR count). The van der Waals surface area contributed by atoms with Crippen molar-refractivity contribution < 1.29 is 23.0 Å². The van der Waals surface area contributed by atoms with Crippen LogP contribution in [0, 0.1) is 17.5 Å². The van der Waals surface area contributed by atoms with Crippen molar-refractivity contribution >= 4 is 16.6 Å². The Kier molecular flexibility index (Phi) is 5.18. The molecule has 0 radical (unpaired) electrons. The van der Waals surface area contributed by atoms with Crippen molar-refractivity contribution in [2.75, 3.05) is 13.2 Å². The molecule has 0 saturated carbocycles. The van der Waals surface area contributed by atoms with Gasteiger partial charge < -0.3 is 14.4 Å². The van der Waals surface area contributed by atoms with E-state index in [2.05, 4.69) is 15.6 Å². The van der Waals surface area contributed by atoms with E-state index in [1.165, 1.54) is 24.3 Å². The number of hydrogen-bond donors (Lipinski definition) is 1. The fourth-order valence-electron chi connectivity index (χ4n) is 5.39. The van der Waals surface area contributed by atoms with Gasteiger partial charge >= 0.3 is 0 Å². The highest BCUT2D eigenvalue weighted by Crippen LogP contribution is 2.45. The van der Waals surface area contributed by atoms with Crippen LogP contribution in [0.3, 0.4) is 0 Å². The molecule has 0 unspecified atom stereocenters. The van der Waals surface area contributed by atoms with Crippen LogP contribution in [0.4, 0.5) is 13.2 Å². The predicted molar refractivity (Wildman–Crippen MR) is 129 cm³/mol. The normalized spacial score (nSPS) is 16.1. The van der Waals surface area contributed by atoms with Gasteiger partial charge in [-0.25, -0.2) is 13.2 Å². The van der Waals surface area contributed by atoms with E-state index in [0.717, 1.165) is 52.0 Å². The van der Waals surface area contributed by atoms with Gasteiger partial charge in [-0.05, 0) is 79.4 Å². The van der Waals surface area contributed by atoms with Crippen LogP contribution >= 0.6 is 0 Å². The Labute approximate surface area is 200 Å². The highest BCUT2D eigenvalue weighted by molar-refractivity contribution is 6.08.